The van der Waals surface area contributed by atoms with Gasteiger partial charge in [-0.1, -0.05) is 17.7 Å². The molecule has 184 valence electrons. The smallest absolute Gasteiger partial charge is 0.170 e. The highest BCUT2D eigenvalue weighted by Gasteiger charge is 2.33. The predicted molar refractivity (Wildman–Crippen MR) is 139 cm³/mol. The van der Waals surface area contributed by atoms with Gasteiger partial charge in [0.15, 0.2) is 17.3 Å². The van der Waals surface area contributed by atoms with Crippen LogP contribution in [0.1, 0.15) is 48.9 Å². The Bertz CT molecular complexity index is 1240. The Labute approximate surface area is 210 Å². The number of phenols is 1. The number of ketones is 1. The number of nitrogens with one attached hydrogen (secondary N) is 1. The summed E-state index contributed by atoms with van der Waals surface area (Å²) in [6, 6.07) is 8.79. The van der Waals surface area contributed by atoms with Crippen LogP contribution in [0.3, 0.4) is 0 Å². The molecule has 2 aliphatic rings. The largest absolute Gasteiger partial charge is 0.504 e. The standard InChI is InChI=1S/C28H31ClFN3O2/c1-33(2)15-16-3-8-20(9-4-16)32-26-21-11-18(19-12-23(29)28(35)24(30)13-19)7-10-25(21)31-14-22(26)27(34)17-5-6-17/h7,10-14,16-17,20,35H,3-6,8-9,15H2,1-2H3,(H,31,32)/t16-,20-. The Morgan fingerprint density at radius 1 is 1.11 bits per heavy atom. The number of pyridine rings is 1. The molecular formula is C28H31ClFN3O2. The number of nitrogens with zero attached hydrogens (tertiary/aromatic N) is 2. The van der Waals surface area contributed by atoms with Crippen LogP contribution in [0.15, 0.2) is 36.5 Å². The van der Waals surface area contributed by atoms with E-state index in [0.29, 0.717) is 17.0 Å². The average Bonchev–Trinajstić information content (AvgIpc) is 3.68. The number of hydrogen-bond donors (Lipinski definition) is 2. The van der Waals surface area contributed by atoms with Crippen LogP contribution < -0.4 is 5.32 Å². The summed E-state index contributed by atoms with van der Waals surface area (Å²) in [6.45, 7) is 1.10. The summed E-state index contributed by atoms with van der Waals surface area (Å²) >= 11 is 6.04. The van der Waals surface area contributed by atoms with E-state index in [-0.39, 0.29) is 22.8 Å². The molecule has 2 aliphatic carbocycles. The van der Waals surface area contributed by atoms with Crippen molar-refractivity contribution in [1.29, 1.82) is 0 Å². The molecule has 2 fully saturated rings. The molecule has 1 heterocycles. The maximum atomic E-state index is 14.2. The van der Waals surface area contributed by atoms with Gasteiger partial charge in [0.1, 0.15) is 0 Å². The quantitative estimate of drug-likeness (QED) is 0.365. The molecule has 0 aliphatic heterocycles. The molecule has 5 rings (SSSR count). The van der Waals surface area contributed by atoms with Crippen LogP contribution in [0.5, 0.6) is 5.75 Å². The van der Waals surface area contributed by atoms with E-state index < -0.39 is 11.6 Å². The fourth-order valence-corrected chi connectivity index (χ4v) is 5.43. The monoisotopic (exact) mass is 495 g/mol. The van der Waals surface area contributed by atoms with Crippen molar-refractivity contribution in [2.75, 3.05) is 26.0 Å². The SMILES string of the molecule is CN(C)C[C@H]1CC[C@H](Nc2c(C(=O)C3CC3)cnc3ccc(-c4cc(F)c(O)c(Cl)c4)cc23)CC1. The topological polar surface area (TPSA) is 65.5 Å². The average molecular weight is 496 g/mol. The summed E-state index contributed by atoms with van der Waals surface area (Å²) in [5.41, 5.74) is 3.54. The van der Waals surface area contributed by atoms with Crippen molar-refractivity contribution in [3.05, 3.63) is 52.9 Å². The first-order valence-corrected chi connectivity index (χ1v) is 12.7. The van der Waals surface area contributed by atoms with E-state index in [1.54, 1.807) is 12.3 Å². The molecule has 0 unspecified atom stereocenters. The van der Waals surface area contributed by atoms with Crippen LogP contribution in [-0.2, 0) is 0 Å². The number of aromatic hydroxyl groups is 1. The summed E-state index contributed by atoms with van der Waals surface area (Å²) in [5.74, 6) is -0.393. The molecule has 5 nitrogen and oxygen atoms in total. The highest BCUT2D eigenvalue weighted by atomic mass is 35.5. The number of phenolic OH excluding ortho intramolecular Hbond substituents is 1. The molecule has 3 aromatic rings. The van der Waals surface area contributed by atoms with Crippen LogP contribution >= 0.6 is 11.6 Å². The van der Waals surface area contributed by atoms with Gasteiger partial charge in [-0.05, 0) is 93.9 Å². The fourth-order valence-electron chi connectivity index (χ4n) is 5.22. The molecule has 0 amide bonds. The van der Waals surface area contributed by atoms with E-state index in [4.69, 9.17) is 11.6 Å². The Balaban J connectivity index is 1.52. The number of fused-ring (bicyclic) bond motifs is 1. The van der Waals surface area contributed by atoms with Crippen LogP contribution in [0, 0.1) is 17.7 Å². The van der Waals surface area contributed by atoms with Crippen LogP contribution in [0.2, 0.25) is 5.02 Å². The predicted octanol–water partition coefficient (Wildman–Crippen LogP) is 6.52. The van der Waals surface area contributed by atoms with Crippen molar-refractivity contribution >= 4 is 34.0 Å². The number of benzene rings is 2. The van der Waals surface area contributed by atoms with E-state index in [1.165, 1.54) is 6.07 Å². The second-order valence-electron chi connectivity index (χ2n) is 10.3. The van der Waals surface area contributed by atoms with Crippen molar-refractivity contribution in [2.45, 2.75) is 44.6 Å². The van der Waals surface area contributed by atoms with Gasteiger partial charge in [0.05, 0.1) is 21.8 Å². The molecule has 2 saturated carbocycles. The number of Topliss-reactive ketones (excluding diaryl/α,β-unsaturated/α-hetero) is 1. The molecular weight excluding hydrogens is 465 g/mol. The van der Waals surface area contributed by atoms with E-state index in [2.05, 4.69) is 29.3 Å². The van der Waals surface area contributed by atoms with Crippen molar-refractivity contribution in [3.8, 4) is 16.9 Å². The second kappa shape index (κ2) is 9.75. The molecule has 0 radical (unpaired) electrons. The van der Waals surface area contributed by atoms with E-state index in [1.807, 2.05) is 18.2 Å². The number of hydrogen-bond acceptors (Lipinski definition) is 5. The van der Waals surface area contributed by atoms with Crippen LogP contribution in [-0.4, -0.2) is 47.5 Å². The molecule has 2 aromatic carbocycles. The number of carbonyl (C=O) groups excluding carboxylic acids is 1. The van der Waals surface area contributed by atoms with Crippen molar-refractivity contribution < 1.29 is 14.3 Å². The zero-order valence-electron chi connectivity index (χ0n) is 20.2. The Kier molecular flexibility index (Phi) is 6.69. The van der Waals surface area contributed by atoms with Crippen molar-refractivity contribution in [1.82, 2.24) is 9.88 Å². The highest BCUT2D eigenvalue weighted by Crippen LogP contribution is 2.40. The highest BCUT2D eigenvalue weighted by molar-refractivity contribution is 6.32. The minimum atomic E-state index is -0.767. The summed E-state index contributed by atoms with van der Waals surface area (Å²) in [6.07, 6.45) is 7.98. The summed E-state index contributed by atoms with van der Waals surface area (Å²) < 4.78 is 14.2. The molecule has 0 atom stereocenters. The van der Waals surface area contributed by atoms with Gasteiger partial charge in [0, 0.05) is 30.1 Å². The van der Waals surface area contributed by atoms with E-state index in [9.17, 15) is 14.3 Å². The van der Waals surface area contributed by atoms with Crippen molar-refractivity contribution in [2.24, 2.45) is 11.8 Å². The number of anilines is 1. The van der Waals surface area contributed by atoms with Gasteiger partial charge < -0.3 is 15.3 Å². The first-order chi connectivity index (χ1) is 16.8. The third kappa shape index (κ3) is 5.14. The van der Waals surface area contributed by atoms with Gasteiger partial charge in [-0.2, -0.15) is 0 Å². The van der Waals surface area contributed by atoms with Gasteiger partial charge in [-0.15, -0.1) is 0 Å². The Morgan fingerprint density at radius 3 is 2.51 bits per heavy atom. The normalized spacial score (nSPS) is 20.4. The lowest BCUT2D eigenvalue weighted by Gasteiger charge is -2.32. The van der Waals surface area contributed by atoms with Crippen LogP contribution in [0.25, 0.3) is 22.0 Å². The van der Waals surface area contributed by atoms with E-state index in [0.717, 1.165) is 67.2 Å². The van der Waals surface area contributed by atoms with Gasteiger partial charge in [-0.25, -0.2) is 4.39 Å². The molecule has 7 heteroatoms. The fraction of sp³-hybridized carbons (Fsp3) is 0.429. The van der Waals surface area contributed by atoms with E-state index >= 15 is 0 Å². The third-order valence-electron chi connectivity index (χ3n) is 7.25. The Morgan fingerprint density at radius 2 is 1.86 bits per heavy atom. The summed E-state index contributed by atoms with van der Waals surface area (Å²) in [7, 11) is 4.24. The molecule has 2 N–H and O–H groups in total. The molecule has 35 heavy (non-hydrogen) atoms. The minimum Gasteiger partial charge on any atom is -0.504 e. The van der Waals surface area contributed by atoms with Crippen LogP contribution in [0.4, 0.5) is 10.1 Å². The number of rotatable bonds is 7. The zero-order chi connectivity index (χ0) is 24.7. The van der Waals surface area contributed by atoms with Gasteiger partial charge in [0.25, 0.3) is 0 Å². The summed E-state index contributed by atoms with van der Waals surface area (Å²) in [4.78, 5) is 20.0. The molecule has 1 aromatic heterocycles. The minimum absolute atomic E-state index is 0.0382. The zero-order valence-corrected chi connectivity index (χ0v) is 20.9. The Hall–Kier alpha value is -2.70. The lowest BCUT2D eigenvalue weighted by Crippen LogP contribution is -2.31. The van der Waals surface area contributed by atoms with Gasteiger partial charge in [-0.3, -0.25) is 9.78 Å². The van der Waals surface area contributed by atoms with Gasteiger partial charge >= 0.3 is 0 Å². The maximum Gasteiger partial charge on any atom is 0.170 e. The lowest BCUT2D eigenvalue weighted by atomic mass is 9.85. The first kappa shape index (κ1) is 24.0. The second-order valence-corrected chi connectivity index (χ2v) is 10.7. The first-order valence-electron chi connectivity index (χ1n) is 12.4. The molecule has 0 spiro atoms. The molecule has 0 bridgehead atoms. The lowest BCUT2D eigenvalue weighted by molar-refractivity contribution is 0.0968. The third-order valence-corrected chi connectivity index (χ3v) is 7.54. The molecule has 0 saturated heterocycles. The van der Waals surface area contributed by atoms with Gasteiger partial charge in [0.2, 0.25) is 0 Å². The summed E-state index contributed by atoms with van der Waals surface area (Å²) in [5, 5.41) is 14.3. The number of carbonyl (C=O) groups is 1. The number of aromatic nitrogens is 1. The number of halogens is 2. The maximum absolute atomic E-state index is 14.2. The van der Waals surface area contributed by atoms with Crippen molar-refractivity contribution in [3.63, 3.8) is 0 Å².